The number of aromatic amines is 1. The van der Waals surface area contributed by atoms with E-state index in [-0.39, 0.29) is 21.9 Å². The van der Waals surface area contributed by atoms with E-state index in [0.717, 1.165) is 39.9 Å². The number of halogens is 1. The first kappa shape index (κ1) is 23.4. The predicted molar refractivity (Wildman–Crippen MR) is 141 cm³/mol. The molecule has 0 amide bonds. The molecule has 2 aromatic carbocycles. The number of alkyl halides is 1. The number of nitro groups is 1. The summed E-state index contributed by atoms with van der Waals surface area (Å²) in [5, 5.41) is 12.0. The third kappa shape index (κ3) is 4.88. The van der Waals surface area contributed by atoms with Gasteiger partial charge in [-0.05, 0) is 42.5 Å². The highest BCUT2D eigenvalue weighted by Gasteiger charge is 2.25. The number of nitrogens with one attached hydrogen (secondary N) is 1. The fourth-order valence-corrected chi connectivity index (χ4v) is 8.11. The second kappa shape index (κ2) is 10.1. The maximum Gasteiger partial charge on any atom is 0.269 e. The molecule has 0 radical (unpaired) electrons. The van der Waals surface area contributed by atoms with E-state index in [1.807, 2.05) is 30.3 Å². The van der Waals surface area contributed by atoms with Crippen LogP contribution in [0.1, 0.15) is 27.8 Å². The number of H-pyrrole nitrogens is 1. The minimum atomic E-state index is -0.408. The van der Waals surface area contributed by atoms with Crippen molar-refractivity contribution >= 4 is 62.4 Å². The van der Waals surface area contributed by atoms with E-state index in [1.165, 1.54) is 34.3 Å². The molecule has 6 nitrogen and oxygen atoms in total. The standard InChI is InChI=1S/C24H20ClN3O3S3/c25-21(14-5-2-1-3-6-14)19(33-16-11-9-15(10-12-16)28(30)31)13-32-24-26-22(29)20-17-7-4-8-18(17)34-23(20)27-24/h1-3,5-6,9-12,19,21H,4,7-8,13H2,(H,26,27,29). The van der Waals surface area contributed by atoms with Crippen LogP contribution in [-0.2, 0) is 12.8 Å². The Bertz CT molecular complexity index is 1390. The second-order valence-corrected chi connectivity index (χ2v) is 11.8. The lowest BCUT2D eigenvalue weighted by molar-refractivity contribution is -0.384. The molecule has 0 spiro atoms. The van der Waals surface area contributed by atoms with Crippen LogP contribution in [0.25, 0.3) is 10.2 Å². The summed E-state index contributed by atoms with van der Waals surface area (Å²) in [6.45, 7) is 0. The summed E-state index contributed by atoms with van der Waals surface area (Å²) in [5.41, 5.74) is 2.15. The maximum atomic E-state index is 12.8. The van der Waals surface area contributed by atoms with Crippen LogP contribution in [0.5, 0.6) is 0 Å². The summed E-state index contributed by atoms with van der Waals surface area (Å²) in [7, 11) is 0. The Morgan fingerprint density at radius 2 is 1.91 bits per heavy atom. The highest BCUT2D eigenvalue weighted by molar-refractivity contribution is 8.03. The van der Waals surface area contributed by atoms with Crippen LogP contribution >= 0.6 is 46.5 Å². The summed E-state index contributed by atoms with van der Waals surface area (Å²) >= 11 is 11.6. The number of thioether (sulfide) groups is 2. The van der Waals surface area contributed by atoms with Gasteiger partial charge in [-0.1, -0.05) is 42.1 Å². The normalized spacial score (nSPS) is 14.7. The van der Waals surface area contributed by atoms with Crippen LogP contribution in [0.3, 0.4) is 0 Å². The SMILES string of the molecule is O=c1[nH]c(SCC(Sc2ccc([N+](=O)[O-])cc2)C(Cl)c2ccccc2)nc2sc3c(c12)CCC3. The summed E-state index contributed by atoms with van der Waals surface area (Å²) in [5.74, 6) is 0.601. The molecule has 34 heavy (non-hydrogen) atoms. The number of aromatic nitrogens is 2. The van der Waals surface area contributed by atoms with E-state index in [1.54, 1.807) is 35.2 Å². The van der Waals surface area contributed by atoms with Crippen molar-refractivity contribution in [1.82, 2.24) is 9.97 Å². The van der Waals surface area contributed by atoms with Crippen LogP contribution < -0.4 is 5.56 Å². The van der Waals surface area contributed by atoms with Gasteiger partial charge in [-0.25, -0.2) is 4.98 Å². The van der Waals surface area contributed by atoms with E-state index in [9.17, 15) is 14.9 Å². The molecule has 2 heterocycles. The third-order valence-electron chi connectivity index (χ3n) is 5.72. The van der Waals surface area contributed by atoms with Crippen molar-refractivity contribution in [2.75, 3.05) is 5.75 Å². The van der Waals surface area contributed by atoms with Gasteiger partial charge in [0.15, 0.2) is 5.16 Å². The fraction of sp³-hybridized carbons (Fsp3) is 0.250. The Kier molecular flexibility index (Phi) is 6.96. The number of nitrogens with zero attached hydrogens (tertiary/aromatic N) is 2. The van der Waals surface area contributed by atoms with Gasteiger partial charge in [-0.2, -0.15) is 0 Å². The number of fused-ring (bicyclic) bond motifs is 3. The quantitative estimate of drug-likeness (QED) is 0.0907. The summed E-state index contributed by atoms with van der Waals surface area (Å²) in [6.07, 6.45) is 3.08. The van der Waals surface area contributed by atoms with Crippen molar-refractivity contribution in [3.63, 3.8) is 0 Å². The molecule has 0 fully saturated rings. The topological polar surface area (TPSA) is 88.9 Å². The number of benzene rings is 2. The highest BCUT2D eigenvalue weighted by atomic mass is 35.5. The Balaban J connectivity index is 1.39. The van der Waals surface area contributed by atoms with Crippen LogP contribution in [0.4, 0.5) is 5.69 Å². The molecule has 0 bridgehead atoms. The lowest BCUT2D eigenvalue weighted by Crippen LogP contribution is -2.15. The molecule has 5 rings (SSSR count). The number of hydrogen-bond donors (Lipinski definition) is 1. The summed E-state index contributed by atoms with van der Waals surface area (Å²) < 4.78 is 0. The van der Waals surface area contributed by atoms with Gasteiger partial charge in [-0.3, -0.25) is 14.9 Å². The molecule has 174 valence electrons. The minimum absolute atomic E-state index is 0.0543. The zero-order valence-corrected chi connectivity index (χ0v) is 21.1. The molecule has 2 aromatic heterocycles. The van der Waals surface area contributed by atoms with Crippen molar-refractivity contribution in [3.8, 4) is 0 Å². The first-order valence-corrected chi connectivity index (χ1v) is 13.9. The first-order chi connectivity index (χ1) is 16.5. The Morgan fingerprint density at radius 3 is 2.65 bits per heavy atom. The lowest BCUT2D eigenvalue weighted by atomic mass is 10.1. The number of aryl methyl sites for hydroxylation is 2. The molecule has 4 aromatic rings. The van der Waals surface area contributed by atoms with Crippen LogP contribution in [0.15, 0.2) is 69.4 Å². The molecule has 10 heteroatoms. The lowest BCUT2D eigenvalue weighted by Gasteiger charge is -2.22. The molecule has 2 unspecified atom stereocenters. The smallest absolute Gasteiger partial charge is 0.269 e. The third-order valence-corrected chi connectivity index (χ3v) is 10.1. The van der Waals surface area contributed by atoms with E-state index in [4.69, 9.17) is 16.6 Å². The zero-order valence-electron chi connectivity index (χ0n) is 17.9. The van der Waals surface area contributed by atoms with Gasteiger partial charge in [0.1, 0.15) is 4.83 Å². The van der Waals surface area contributed by atoms with Crippen LogP contribution in [-0.4, -0.2) is 25.9 Å². The molecule has 0 saturated heterocycles. The van der Waals surface area contributed by atoms with Gasteiger partial charge in [0.05, 0.1) is 15.7 Å². The average molecular weight is 530 g/mol. The molecule has 1 aliphatic carbocycles. The van der Waals surface area contributed by atoms with Crippen molar-refractivity contribution in [2.24, 2.45) is 0 Å². The number of rotatable bonds is 8. The number of non-ortho nitro benzene ring substituents is 1. The van der Waals surface area contributed by atoms with Gasteiger partial charge in [0.25, 0.3) is 11.2 Å². The summed E-state index contributed by atoms with van der Waals surface area (Å²) in [4.78, 5) is 34.1. The van der Waals surface area contributed by atoms with Gasteiger partial charge in [0.2, 0.25) is 0 Å². The van der Waals surface area contributed by atoms with Crippen molar-refractivity contribution < 1.29 is 4.92 Å². The van der Waals surface area contributed by atoms with Crippen LogP contribution in [0, 0.1) is 10.1 Å². The molecule has 1 aliphatic rings. The number of hydrogen-bond acceptors (Lipinski definition) is 7. The predicted octanol–water partition coefficient (Wildman–Crippen LogP) is 6.61. The first-order valence-electron chi connectivity index (χ1n) is 10.8. The Labute approximate surface area is 213 Å². The van der Waals surface area contributed by atoms with Gasteiger partial charge in [0, 0.05) is 32.9 Å². The van der Waals surface area contributed by atoms with E-state index >= 15 is 0 Å². The number of thiophene rings is 1. The van der Waals surface area contributed by atoms with Crippen molar-refractivity contribution in [2.45, 2.75) is 39.9 Å². The average Bonchev–Trinajstić information content (AvgIpc) is 3.43. The van der Waals surface area contributed by atoms with E-state index in [2.05, 4.69) is 4.98 Å². The van der Waals surface area contributed by atoms with E-state index < -0.39 is 4.92 Å². The Hall–Kier alpha value is -2.33. The second-order valence-electron chi connectivity index (χ2n) is 7.94. The van der Waals surface area contributed by atoms with Crippen molar-refractivity contribution in [1.29, 1.82) is 0 Å². The monoisotopic (exact) mass is 529 g/mol. The summed E-state index contributed by atoms with van der Waals surface area (Å²) in [6, 6.07) is 16.3. The zero-order chi connectivity index (χ0) is 23.7. The highest BCUT2D eigenvalue weighted by Crippen LogP contribution is 2.40. The molecule has 1 N–H and O–H groups in total. The molecule has 0 aliphatic heterocycles. The molecular formula is C24H20ClN3O3S3. The van der Waals surface area contributed by atoms with Crippen molar-refractivity contribution in [3.05, 3.63) is 91.1 Å². The fourth-order valence-electron chi connectivity index (χ4n) is 4.06. The molecule has 0 saturated carbocycles. The van der Waals surface area contributed by atoms with Gasteiger partial charge >= 0.3 is 0 Å². The maximum absolute atomic E-state index is 12.8. The Morgan fingerprint density at radius 1 is 1.15 bits per heavy atom. The molecular weight excluding hydrogens is 510 g/mol. The largest absolute Gasteiger partial charge is 0.301 e. The number of nitro benzene ring substituents is 1. The van der Waals surface area contributed by atoms with Gasteiger partial charge < -0.3 is 4.98 Å². The van der Waals surface area contributed by atoms with Crippen LogP contribution in [0.2, 0.25) is 0 Å². The molecule has 2 atom stereocenters. The van der Waals surface area contributed by atoms with Gasteiger partial charge in [-0.15, -0.1) is 34.7 Å². The minimum Gasteiger partial charge on any atom is -0.301 e. The van der Waals surface area contributed by atoms with E-state index in [0.29, 0.717) is 10.9 Å².